The number of esters is 1. The molecule has 0 fully saturated rings. The molecule has 4 nitrogen and oxygen atoms in total. The van der Waals surface area contributed by atoms with Crippen LogP contribution in [0.25, 0.3) is 22.2 Å². The normalized spacial score (nSPS) is 11.8. The molecule has 0 amide bonds. The van der Waals surface area contributed by atoms with Crippen molar-refractivity contribution in [3.05, 3.63) is 100 Å². The van der Waals surface area contributed by atoms with Crippen LogP contribution in [-0.2, 0) is 4.74 Å². The van der Waals surface area contributed by atoms with Crippen LogP contribution in [0.1, 0.15) is 33.2 Å². The third-order valence-corrected chi connectivity index (χ3v) is 5.54. The first kappa shape index (κ1) is 20.9. The van der Waals surface area contributed by atoms with Crippen molar-refractivity contribution in [1.82, 2.24) is 4.98 Å². The molecule has 0 unspecified atom stereocenters. The molecule has 31 heavy (non-hydrogen) atoms. The Bertz CT molecular complexity index is 1270. The van der Waals surface area contributed by atoms with Gasteiger partial charge in [0, 0.05) is 21.0 Å². The van der Waals surface area contributed by atoms with Crippen molar-refractivity contribution in [3.63, 3.8) is 0 Å². The second kappa shape index (κ2) is 8.82. The maximum absolute atomic E-state index is 13.1. The van der Waals surface area contributed by atoms with Crippen LogP contribution in [0.3, 0.4) is 0 Å². The average molecular weight is 474 g/mol. The van der Waals surface area contributed by atoms with Crippen LogP contribution in [0.4, 0.5) is 0 Å². The maximum Gasteiger partial charge on any atom is 0.339 e. The average Bonchev–Trinajstić information content (AvgIpc) is 2.78. The minimum absolute atomic E-state index is 0.243. The van der Waals surface area contributed by atoms with Gasteiger partial charge in [-0.15, -0.1) is 0 Å². The zero-order valence-electron chi connectivity index (χ0n) is 17.1. The zero-order valence-corrected chi connectivity index (χ0v) is 18.7. The molecule has 0 N–H and O–H groups in total. The number of hydrogen-bond acceptors (Lipinski definition) is 4. The largest absolute Gasteiger partial charge is 0.451 e. The molecule has 0 spiro atoms. The summed E-state index contributed by atoms with van der Waals surface area (Å²) in [4.78, 5) is 30.5. The highest BCUT2D eigenvalue weighted by atomic mass is 79.9. The number of nitrogens with zero attached hydrogens (tertiary/aromatic N) is 1. The summed E-state index contributed by atoms with van der Waals surface area (Å²) in [6, 6.07) is 24.1. The summed E-state index contributed by atoms with van der Waals surface area (Å²) in [6.07, 6.45) is -0.909. The Balaban J connectivity index is 1.72. The third kappa shape index (κ3) is 4.57. The van der Waals surface area contributed by atoms with Crippen LogP contribution in [0.5, 0.6) is 0 Å². The quantitative estimate of drug-likeness (QED) is 0.248. The third-order valence-electron chi connectivity index (χ3n) is 5.05. The van der Waals surface area contributed by atoms with E-state index in [-0.39, 0.29) is 5.78 Å². The summed E-state index contributed by atoms with van der Waals surface area (Å²) in [7, 11) is 0. The number of halogens is 1. The van der Waals surface area contributed by atoms with Crippen LogP contribution in [-0.4, -0.2) is 22.8 Å². The molecule has 0 aliphatic rings. The van der Waals surface area contributed by atoms with Gasteiger partial charge < -0.3 is 4.74 Å². The molecule has 1 atom stereocenters. The van der Waals surface area contributed by atoms with E-state index in [1.165, 1.54) is 0 Å². The Morgan fingerprint density at radius 2 is 1.65 bits per heavy atom. The van der Waals surface area contributed by atoms with Crippen molar-refractivity contribution in [3.8, 4) is 11.3 Å². The number of benzene rings is 3. The molecule has 0 saturated carbocycles. The van der Waals surface area contributed by atoms with Gasteiger partial charge in [0.2, 0.25) is 5.78 Å². The van der Waals surface area contributed by atoms with Crippen molar-refractivity contribution < 1.29 is 14.3 Å². The van der Waals surface area contributed by atoms with E-state index in [1.54, 1.807) is 37.3 Å². The molecule has 154 valence electrons. The van der Waals surface area contributed by atoms with Crippen molar-refractivity contribution in [2.24, 2.45) is 0 Å². The molecule has 5 heteroatoms. The number of rotatable bonds is 5. The van der Waals surface area contributed by atoms with E-state index in [0.29, 0.717) is 27.7 Å². The van der Waals surface area contributed by atoms with Gasteiger partial charge in [0.15, 0.2) is 6.10 Å². The van der Waals surface area contributed by atoms with E-state index < -0.39 is 12.1 Å². The second-order valence-electron chi connectivity index (χ2n) is 7.36. The number of ketones is 1. The summed E-state index contributed by atoms with van der Waals surface area (Å²) in [5.74, 6) is -0.803. The van der Waals surface area contributed by atoms with Gasteiger partial charge in [-0.05, 0) is 38.1 Å². The Kier molecular flexibility index (Phi) is 5.96. The van der Waals surface area contributed by atoms with Gasteiger partial charge in [0.1, 0.15) is 0 Å². The van der Waals surface area contributed by atoms with Gasteiger partial charge in [-0.3, -0.25) is 4.79 Å². The van der Waals surface area contributed by atoms with Gasteiger partial charge >= 0.3 is 5.97 Å². The van der Waals surface area contributed by atoms with Gasteiger partial charge in [-0.1, -0.05) is 76.1 Å². The highest BCUT2D eigenvalue weighted by Gasteiger charge is 2.22. The lowest BCUT2D eigenvalue weighted by Crippen LogP contribution is -2.24. The highest BCUT2D eigenvalue weighted by molar-refractivity contribution is 9.10. The molecule has 0 radical (unpaired) electrons. The van der Waals surface area contributed by atoms with Gasteiger partial charge in [-0.25, -0.2) is 9.78 Å². The van der Waals surface area contributed by atoms with E-state index in [1.807, 2.05) is 55.5 Å². The molecular formula is C26H20BrNO3. The van der Waals surface area contributed by atoms with Crippen molar-refractivity contribution in [2.75, 3.05) is 0 Å². The van der Waals surface area contributed by atoms with Crippen LogP contribution >= 0.6 is 15.9 Å². The number of carbonyl (C=O) groups excluding carboxylic acids is 2. The predicted molar refractivity (Wildman–Crippen MR) is 125 cm³/mol. The molecule has 0 aliphatic heterocycles. The first-order valence-corrected chi connectivity index (χ1v) is 10.7. The van der Waals surface area contributed by atoms with Gasteiger partial charge in [0.05, 0.1) is 16.8 Å². The fraction of sp³-hybridized carbons (Fsp3) is 0.115. The van der Waals surface area contributed by atoms with Crippen molar-refractivity contribution in [1.29, 1.82) is 0 Å². The maximum atomic E-state index is 13.1. The van der Waals surface area contributed by atoms with Crippen molar-refractivity contribution in [2.45, 2.75) is 20.0 Å². The molecule has 4 aromatic rings. The molecule has 0 aliphatic carbocycles. The highest BCUT2D eigenvalue weighted by Crippen LogP contribution is 2.28. The van der Waals surface area contributed by atoms with Gasteiger partial charge in [0.25, 0.3) is 0 Å². The summed E-state index contributed by atoms with van der Waals surface area (Å²) in [5.41, 5.74) is 4.26. The van der Waals surface area contributed by atoms with Crippen molar-refractivity contribution >= 4 is 38.6 Å². The van der Waals surface area contributed by atoms with E-state index in [0.717, 1.165) is 15.6 Å². The lowest BCUT2D eigenvalue weighted by atomic mass is 10.0. The number of Topliss-reactive ketones (excluding diaryl/α,β-unsaturated/α-hetero) is 1. The van der Waals surface area contributed by atoms with Crippen LogP contribution in [0, 0.1) is 6.92 Å². The molecule has 0 saturated heterocycles. The summed E-state index contributed by atoms with van der Waals surface area (Å²) >= 11 is 3.46. The zero-order chi connectivity index (χ0) is 22.0. The van der Waals surface area contributed by atoms with Crippen LogP contribution < -0.4 is 0 Å². The number of pyridine rings is 1. The van der Waals surface area contributed by atoms with Gasteiger partial charge in [-0.2, -0.15) is 0 Å². The second-order valence-corrected chi connectivity index (χ2v) is 8.28. The topological polar surface area (TPSA) is 56.3 Å². The monoisotopic (exact) mass is 473 g/mol. The van der Waals surface area contributed by atoms with E-state index in [4.69, 9.17) is 9.72 Å². The molecular weight excluding hydrogens is 454 g/mol. The Hall–Kier alpha value is -3.31. The molecule has 4 rings (SSSR count). The number of ether oxygens (including phenoxy) is 1. The summed E-state index contributed by atoms with van der Waals surface area (Å²) in [5, 5.41) is 0.662. The predicted octanol–water partition coefficient (Wildman–Crippen LogP) is 6.40. The summed E-state index contributed by atoms with van der Waals surface area (Å²) < 4.78 is 6.41. The van der Waals surface area contributed by atoms with E-state index in [2.05, 4.69) is 15.9 Å². The van der Waals surface area contributed by atoms with E-state index >= 15 is 0 Å². The fourth-order valence-electron chi connectivity index (χ4n) is 3.35. The first-order valence-electron chi connectivity index (χ1n) is 9.90. The summed E-state index contributed by atoms with van der Waals surface area (Å²) in [6.45, 7) is 3.61. The lowest BCUT2D eigenvalue weighted by Gasteiger charge is -2.14. The number of hydrogen-bond donors (Lipinski definition) is 0. The minimum atomic E-state index is -0.909. The smallest absolute Gasteiger partial charge is 0.339 e. The standard InChI is InChI=1S/C26H20BrNO3/c1-16-8-10-18(11-9-16)24-15-22(21-14-20(27)12-13-23(21)28-24)26(30)31-17(2)25(29)19-6-4-3-5-7-19/h3-15,17H,1-2H3/t17-/m1/s1. The number of fused-ring (bicyclic) bond motifs is 1. The van der Waals surface area contributed by atoms with Crippen LogP contribution in [0.2, 0.25) is 0 Å². The molecule has 3 aromatic carbocycles. The number of aryl methyl sites for hydroxylation is 1. The van der Waals surface area contributed by atoms with Crippen LogP contribution in [0.15, 0.2) is 83.3 Å². The molecule has 1 heterocycles. The van der Waals surface area contributed by atoms with E-state index in [9.17, 15) is 9.59 Å². The first-order chi connectivity index (χ1) is 14.9. The minimum Gasteiger partial charge on any atom is -0.451 e. The Labute approximate surface area is 189 Å². The Morgan fingerprint density at radius 3 is 2.35 bits per heavy atom. The molecule has 1 aromatic heterocycles. The SMILES string of the molecule is Cc1ccc(-c2cc(C(=O)O[C@H](C)C(=O)c3ccccc3)c3cc(Br)ccc3n2)cc1. The number of aromatic nitrogens is 1. The fourth-order valence-corrected chi connectivity index (χ4v) is 3.71. The lowest BCUT2D eigenvalue weighted by molar-refractivity contribution is 0.0320. The Morgan fingerprint density at radius 1 is 0.935 bits per heavy atom. The number of carbonyl (C=O) groups is 2. The molecule has 0 bridgehead atoms.